The fourth-order valence-electron chi connectivity index (χ4n) is 4.71. The molecule has 0 radical (unpaired) electrons. The highest BCUT2D eigenvalue weighted by Crippen LogP contribution is 2.33. The van der Waals surface area contributed by atoms with Crippen LogP contribution in [0.15, 0.2) is 36.4 Å². The van der Waals surface area contributed by atoms with Gasteiger partial charge in [-0.1, -0.05) is 12.1 Å². The molecule has 2 aliphatic rings. The molecule has 2 amide bonds. The van der Waals surface area contributed by atoms with Crippen molar-refractivity contribution in [1.82, 2.24) is 9.88 Å². The third kappa shape index (κ3) is 7.23. The van der Waals surface area contributed by atoms with E-state index in [0.717, 1.165) is 34.4 Å². The first-order valence-corrected chi connectivity index (χ1v) is 12.5. The maximum atomic E-state index is 12.8. The molecule has 3 N–H and O–H groups in total. The van der Waals surface area contributed by atoms with E-state index >= 15 is 0 Å². The lowest BCUT2D eigenvalue weighted by Gasteiger charge is -2.20. The van der Waals surface area contributed by atoms with Crippen molar-refractivity contribution in [2.24, 2.45) is 5.92 Å². The number of aromatic nitrogens is 1. The van der Waals surface area contributed by atoms with Crippen molar-refractivity contribution in [1.29, 1.82) is 0 Å². The average molecular weight is 519 g/mol. The van der Waals surface area contributed by atoms with Gasteiger partial charge in [0.1, 0.15) is 5.82 Å². The Kier molecular flexibility index (Phi) is 8.39. The zero-order valence-corrected chi connectivity index (χ0v) is 21.1. The topological polar surface area (TPSA) is 86.7 Å². The van der Waals surface area contributed by atoms with E-state index in [2.05, 4.69) is 10.6 Å². The second-order valence-corrected chi connectivity index (χ2v) is 9.79. The quantitative estimate of drug-likeness (QED) is 0.453. The molecule has 1 aromatic carbocycles. The Morgan fingerprint density at radius 2 is 2.11 bits per heavy atom. The maximum Gasteiger partial charge on any atom is 0.389 e. The van der Waals surface area contributed by atoms with Gasteiger partial charge in [0.2, 0.25) is 0 Å². The molecule has 10 heteroatoms. The van der Waals surface area contributed by atoms with Crippen LogP contribution < -0.4 is 10.6 Å². The van der Waals surface area contributed by atoms with Crippen LogP contribution in [0.1, 0.15) is 37.4 Å². The normalized spacial score (nSPS) is 18.9. The molecule has 1 unspecified atom stereocenters. The van der Waals surface area contributed by atoms with Crippen LogP contribution in [-0.4, -0.2) is 66.1 Å². The number of likely N-dealkylation sites (tertiary alicyclic amines) is 1. The number of nitrogens with one attached hydrogen (secondary N) is 2. The van der Waals surface area contributed by atoms with Gasteiger partial charge in [-0.05, 0) is 79.1 Å². The summed E-state index contributed by atoms with van der Waals surface area (Å²) in [6, 6.07) is 8.88. The molecule has 3 heterocycles. The Labute approximate surface area is 214 Å². The molecule has 0 aliphatic carbocycles. The molecular formula is C27H33F3N4O3. The number of pyridine rings is 1. The van der Waals surface area contributed by atoms with E-state index in [-0.39, 0.29) is 19.2 Å². The molecule has 1 saturated heterocycles. The Morgan fingerprint density at radius 3 is 2.81 bits per heavy atom. The number of benzene rings is 1. The lowest BCUT2D eigenvalue weighted by Crippen LogP contribution is -2.33. The van der Waals surface area contributed by atoms with Crippen LogP contribution in [-0.2, 0) is 4.74 Å². The van der Waals surface area contributed by atoms with Gasteiger partial charge in [-0.25, -0.2) is 9.78 Å². The van der Waals surface area contributed by atoms with Crippen LogP contribution in [0.3, 0.4) is 0 Å². The molecule has 1 aromatic heterocycles. The lowest BCUT2D eigenvalue weighted by atomic mass is 9.97. The van der Waals surface area contributed by atoms with Gasteiger partial charge >= 0.3 is 12.2 Å². The second-order valence-electron chi connectivity index (χ2n) is 9.79. The molecule has 2 atom stereocenters. The highest BCUT2D eigenvalue weighted by Gasteiger charge is 2.36. The number of halogens is 3. The van der Waals surface area contributed by atoms with E-state index in [9.17, 15) is 23.1 Å². The number of amides is 2. The number of carbonyl (C=O) groups excluding carboxylic acids is 1. The third-order valence-electron chi connectivity index (χ3n) is 6.68. The number of anilines is 2. The molecular weight excluding hydrogens is 485 g/mol. The zero-order chi connectivity index (χ0) is 26.6. The summed E-state index contributed by atoms with van der Waals surface area (Å²) in [6.07, 6.45) is -2.00. The van der Waals surface area contributed by atoms with E-state index < -0.39 is 24.5 Å². The number of aliphatic hydroxyl groups is 1. The number of nitrogens with zero attached hydrogens (tertiary/aromatic N) is 2. The van der Waals surface area contributed by atoms with Crippen molar-refractivity contribution in [3.05, 3.63) is 47.7 Å². The van der Waals surface area contributed by atoms with Gasteiger partial charge in [-0.2, -0.15) is 13.2 Å². The standard InChI is InChI=1S/C27H33F3N4O3/c1-17-3-4-22(32-26(36)34-8-5-19(15-34)14-27(28,29)30)13-23(17)21-11-24(20-6-9-37-10-7-20)33-25(12-21)31-18(2)16-35/h3-4,6,11-13,18-19,35H,5,7-10,14-16H2,1-2H3,(H,31,33)(H,32,36)/t18-,19?/m1/s1. The number of hydrogen-bond donors (Lipinski definition) is 3. The van der Waals surface area contributed by atoms with Gasteiger partial charge in [0, 0.05) is 31.2 Å². The van der Waals surface area contributed by atoms with E-state index in [4.69, 9.17) is 9.72 Å². The number of aliphatic hydroxyl groups excluding tert-OH is 1. The minimum atomic E-state index is -4.23. The van der Waals surface area contributed by atoms with Crippen molar-refractivity contribution < 1.29 is 27.8 Å². The SMILES string of the molecule is Cc1ccc(NC(=O)N2CCC(CC(F)(F)F)C2)cc1-c1cc(N[C@H](C)CO)nc(C2=CCOCC2)c1. The van der Waals surface area contributed by atoms with Crippen LogP contribution in [0.25, 0.3) is 16.7 Å². The average Bonchev–Trinajstić information content (AvgIpc) is 3.32. The maximum absolute atomic E-state index is 12.8. The highest BCUT2D eigenvalue weighted by atomic mass is 19.4. The number of urea groups is 1. The molecule has 7 nitrogen and oxygen atoms in total. The number of alkyl halides is 3. The van der Waals surface area contributed by atoms with E-state index in [1.54, 1.807) is 6.07 Å². The minimum Gasteiger partial charge on any atom is -0.394 e. The summed E-state index contributed by atoms with van der Waals surface area (Å²) in [4.78, 5) is 19.0. The number of rotatable bonds is 7. The van der Waals surface area contributed by atoms with Crippen molar-refractivity contribution in [3.8, 4) is 11.1 Å². The predicted molar refractivity (Wildman–Crippen MR) is 137 cm³/mol. The van der Waals surface area contributed by atoms with Crippen LogP contribution in [0.2, 0.25) is 0 Å². The van der Waals surface area contributed by atoms with E-state index in [1.165, 1.54) is 4.90 Å². The molecule has 0 saturated carbocycles. The van der Waals surface area contributed by atoms with Crippen molar-refractivity contribution in [2.75, 3.05) is 43.5 Å². The summed E-state index contributed by atoms with van der Waals surface area (Å²) in [5.41, 5.74) is 5.23. The molecule has 2 aliphatic heterocycles. The van der Waals surface area contributed by atoms with Gasteiger partial charge in [0.25, 0.3) is 0 Å². The Bertz CT molecular complexity index is 1150. The van der Waals surface area contributed by atoms with Crippen LogP contribution in [0.4, 0.5) is 29.5 Å². The molecule has 4 rings (SSSR count). The number of ether oxygens (including phenoxy) is 1. The van der Waals surface area contributed by atoms with Crippen molar-refractivity contribution in [3.63, 3.8) is 0 Å². The summed E-state index contributed by atoms with van der Waals surface area (Å²) in [7, 11) is 0. The summed E-state index contributed by atoms with van der Waals surface area (Å²) in [5, 5.41) is 15.6. The van der Waals surface area contributed by atoms with Gasteiger partial charge in [0.15, 0.2) is 0 Å². The Balaban J connectivity index is 1.57. The first-order chi connectivity index (χ1) is 17.6. The van der Waals surface area contributed by atoms with Crippen molar-refractivity contribution >= 4 is 23.1 Å². The summed E-state index contributed by atoms with van der Waals surface area (Å²) < 4.78 is 43.7. The van der Waals surface area contributed by atoms with Crippen LogP contribution in [0.5, 0.6) is 0 Å². The molecule has 200 valence electrons. The molecule has 37 heavy (non-hydrogen) atoms. The highest BCUT2D eigenvalue weighted by molar-refractivity contribution is 5.91. The van der Waals surface area contributed by atoms with Gasteiger partial charge in [-0.3, -0.25) is 0 Å². The minimum absolute atomic E-state index is 0.0430. The fourth-order valence-corrected chi connectivity index (χ4v) is 4.71. The van der Waals surface area contributed by atoms with Crippen molar-refractivity contribution in [2.45, 2.75) is 45.3 Å². The number of hydrogen-bond acceptors (Lipinski definition) is 5. The number of carbonyl (C=O) groups is 1. The van der Waals surface area contributed by atoms with Gasteiger partial charge < -0.3 is 25.4 Å². The molecule has 2 aromatic rings. The fraction of sp³-hybridized carbons (Fsp3) is 0.481. The van der Waals surface area contributed by atoms with E-state index in [1.807, 2.05) is 44.2 Å². The van der Waals surface area contributed by atoms with Crippen LogP contribution >= 0.6 is 0 Å². The number of aryl methyl sites for hydroxylation is 1. The molecule has 1 fully saturated rings. The van der Waals surface area contributed by atoms with Crippen LogP contribution in [0, 0.1) is 12.8 Å². The molecule has 0 bridgehead atoms. The smallest absolute Gasteiger partial charge is 0.389 e. The predicted octanol–water partition coefficient (Wildman–Crippen LogP) is 5.46. The zero-order valence-electron chi connectivity index (χ0n) is 21.1. The van der Waals surface area contributed by atoms with Gasteiger partial charge in [-0.15, -0.1) is 0 Å². The second kappa shape index (κ2) is 11.5. The summed E-state index contributed by atoms with van der Waals surface area (Å²) >= 11 is 0. The largest absolute Gasteiger partial charge is 0.394 e. The molecule has 0 spiro atoms. The monoisotopic (exact) mass is 518 g/mol. The van der Waals surface area contributed by atoms with E-state index in [0.29, 0.717) is 37.7 Å². The first-order valence-electron chi connectivity index (χ1n) is 12.5. The third-order valence-corrected chi connectivity index (χ3v) is 6.68. The lowest BCUT2D eigenvalue weighted by molar-refractivity contribution is -0.143. The summed E-state index contributed by atoms with van der Waals surface area (Å²) in [6.45, 7) is 5.33. The Hall–Kier alpha value is -3.11. The summed E-state index contributed by atoms with van der Waals surface area (Å²) in [5.74, 6) is 0.0596. The Morgan fingerprint density at radius 1 is 1.30 bits per heavy atom. The first kappa shape index (κ1) is 26.9. The van der Waals surface area contributed by atoms with Gasteiger partial charge in [0.05, 0.1) is 25.5 Å².